The highest BCUT2D eigenvalue weighted by atomic mass is 16.6. The van der Waals surface area contributed by atoms with Crippen molar-refractivity contribution in [3.05, 3.63) is 46.7 Å². The van der Waals surface area contributed by atoms with E-state index in [1.807, 2.05) is 39.0 Å². The molecule has 2 unspecified atom stereocenters. The van der Waals surface area contributed by atoms with Crippen LogP contribution in [0, 0.1) is 10.1 Å². The van der Waals surface area contributed by atoms with Crippen LogP contribution in [0.2, 0.25) is 0 Å². The Bertz CT molecular complexity index is 705. The van der Waals surface area contributed by atoms with Crippen LogP contribution in [0.15, 0.2) is 31.0 Å². The van der Waals surface area contributed by atoms with Crippen LogP contribution in [0.4, 0.5) is 11.4 Å². The molecule has 0 saturated carbocycles. The number of nitro groups is 1. The van der Waals surface area contributed by atoms with Crippen molar-refractivity contribution in [1.29, 1.82) is 0 Å². The van der Waals surface area contributed by atoms with Crippen molar-refractivity contribution < 1.29 is 14.4 Å². The predicted octanol–water partition coefficient (Wildman–Crippen LogP) is 3.31. The lowest BCUT2D eigenvalue weighted by Gasteiger charge is -2.38. The van der Waals surface area contributed by atoms with Crippen molar-refractivity contribution >= 4 is 16.9 Å². The molecule has 0 aliphatic carbocycles. The summed E-state index contributed by atoms with van der Waals surface area (Å²) < 4.78 is 11.1. The molecule has 1 aromatic rings. The second-order valence-electron chi connectivity index (χ2n) is 6.71. The molecule has 0 amide bonds. The maximum atomic E-state index is 11.5. The number of nitro benzene ring substituents is 1. The third-order valence-electron chi connectivity index (χ3n) is 4.18. The molecule has 0 spiro atoms. The minimum atomic E-state index is -0.424. The summed E-state index contributed by atoms with van der Waals surface area (Å²) in [4.78, 5) is 15.1. The molecule has 1 aliphatic heterocycles. The Hall–Kier alpha value is -2.54. The fourth-order valence-corrected chi connectivity index (χ4v) is 3.24. The average Bonchev–Trinajstić information content (AvgIpc) is 2.57. The highest BCUT2D eigenvalue weighted by Gasteiger charge is 2.28. The zero-order valence-corrected chi connectivity index (χ0v) is 16.1. The highest BCUT2D eigenvalue weighted by molar-refractivity contribution is 5.85. The Morgan fingerprint density at radius 1 is 1.38 bits per heavy atom. The van der Waals surface area contributed by atoms with Gasteiger partial charge in [0.25, 0.3) is 0 Å². The summed E-state index contributed by atoms with van der Waals surface area (Å²) in [7, 11) is 5.25. The van der Waals surface area contributed by atoms with Gasteiger partial charge in [0.15, 0.2) is 5.75 Å². The van der Waals surface area contributed by atoms with E-state index in [0.717, 1.165) is 16.8 Å². The van der Waals surface area contributed by atoms with E-state index in [1.165, 1.54) is 7.11 Å². The van der Waals surface area contributed by atoms with Crippen molar-refractivity contribution in [2.45, 2.75) is 26.1 Å². The predicted molar refractivity (Wildman–Crippen MR) is 104 cm³/mol. The van der Waals surface area contributed by atoms with Gasteiger partial charge in [-0.05, 0) is 19.4 Å². The lowest BCUT2D eigenvalue weighted by atomic mass is 10.0. The first-order valence-corrected chi connectivity index (χ1v) is 8.54. The van der Waals surface area contributed by atoms with E-state index in [0.29, 0.717) is 13.1 Å². The van der Waals surface area contributed by atoms with Gasteiger partial charge < -0.3 is 19.3 Å². The number of anilines is 1. The van der Waals surface area contributed by atoms with Crippen LogP contribution in [0.5, 0.6) is 5.75 Å². The van der Waals surface area contributed by atoms with E-state index in [-0.39, 0.29) is 23.6 Å². The van der Waals surface area contributed by atoms with Gasteiger partial charge in [-0.1, -0.05) is 12.7 Å². The van der Waals surface area contributed by atoms with E-state index < -0.39 is 4.92 Å². The number of hydrogen-bond acceptors (Lipinski definition) is 6. The van der Waals surface area contributed by atoms with Crippen molar-refractivity contribution in [2.24, 2.45) is 0 Å². The molecule has 1 aromatic carbocycles. The standard InChI is InChI=1S/C19H27N3O4/c1-7-15(12-20(4)5)16-8-18(22(23)24)19(25-6)9-17(16)21-10-13(2)26-14(3)11-21/h7-9,12-14H,1,10-11H2,2-6H3/b15-12+. The molecule has 142 valence electrons. The number of methoxy groups -OCH3 is 1. The Kier molecular flexibility index (Phi) is 6.26. The summed E-state index contributed by atoms with van der Waals surface area (Å²) in [5, 5.41) is 11.5. The van der Waals surface area contributed by atoms with Crippen LogP contribution in [0.1, 0.15) is 19.4 Å². The van der Waals surface area contributed by atoms with Gasteiger partial charge in [0.05, 0.1) is 24.2 Å². The SMILES string of the molecule is C=C/C(=C\N(C)C)c1cc([N+](=O)[O-])c(OC)cc1N1CC(C)OC(C)C1. The molecule has 1 fully saturated rings. The van der Waals surface area contributed by atoms with E-state index in [2.05, 4.69) is 11.5 Å². The monoisotopic (exact) mass is 361 g/mol. The van der Waals surface area contributed by atoms with E-state index in [9.17, 15) is 10.1 Å². The molecule has 1 aliphatic rings. The Labute approximate surface area is 154 Å². The summed E-state index contributed by atoms with van der Waals surface area (Å²) in [6.07, 6.45) is 3.74. The van der Waals surface area contributed by atoms with Gasteiger partial charge in [0.1, 0.15) is 0 Å². The van der Waals surface area contributed by atoms with Crippen molar-refractivity contribution in [3.63, 3.8) is 0 Å². The first-order valence-electron chi connectivity index (χ1n) is 8.54. The summed E-state index contributed by atoms with van der Waals surface area (Å²) >= 11 is 0. The molecule has 2 atom stereocenters. The van der Waals surface area contributed by atoms with Gasteiger partial charge in [-0.15, -0.1) is 0 Å². The fourth-order valence-electron chi connectivity index (χ4n) is 3.24. The molecule has 0 bridgehead atoms. The molecule has 1 saturated heterocycles. The fraction of sp³-hybridized carbons (Fsp3) is 0.474. The zero-order valence-electron chi connectivity index (χ0n) is 16.1. The first kappa shape index (κ1) is 19.8. The van der Waals surface area contributed by atoms with Crippen molar-refractivity contribution in [2.75, 3.05) is 39.2 Å². The van der Waals surface area contributed by atoms with Crippen molar-refractivity contribution in [3.8, 4) is 5.75 Å². The van der Waals surface area contributed by atoms with Gasteiger partial charge >= 0.3 is 5.69 Å². The smallest absolute Gasteiger partial charge is 0.311 e. The van der Waals surface area contributed by atoms with Crippen LogP contribution in [0.25, 0.3) is 5.57 Å². The van der Waals surface area contributed by atoms with E-state index in [4.69, 9.17) is 9.47 Å². The van der Waals surface area contributed by atoms with Crippen LogP contribution in [-0.2, 0) is 4.74 Å². The van der Waals surface area contributed by atoms with E-state index in [1.54, 1.807) is 18.2 Å². The maximum Gasteiger partial charge on any atom is 0.311 e. The molecule has 0 aromatic heterocycles. The molecule has 7 heteroatoms. The molecular formula is C19H27N3O4. The molecule has 0 radical (unpaired) electrons. The number of nitrogens with zero attached hydrogens (tertiary/aromatic N) is 3. The largest absolute Gasteiger partial charge is 0.490 e. The summed E-state index contributed by atoms with van der Waals surface area (Å²) in [6.45, 7) is 9.33. The van der Waals surface area contributed by atoms with Crippen molar-refractivity contribution in [1.82, 2.24) is 4.90 Å². The maximum absolute atomic E-state index is 11.5. The summed E-state index contributed by atoms with van der Waals surface area (Å²) in [5.74, 6) is 0.244. The van der Waals surface area contributed by atoms with Gasteiger partial charge in [-0.3, -0.25) is 10.1 Å². The molecule has 7 nitrogen and oxygen atoms in total. The molecule has 26 heavy (non-hydrogen) atoms. The Morgan fingerprint density at radius 3 is 2.46 bits per heavy atom. The zero-order chi connectivity index (χ0) is 19.4. The molecule has 1 heterocycles. The topological polar surface area (TPSA) is 68.1 Å². The first-order chi connectivity index (χ1) is 12.3. The molecule has 2 rings (SSSR count). The Balaban J connectivity index is 2.67. The van der Waals surface area contributed by atoms with Gasteiger partial charge in [0, 0.05) is 56.8 Å². The van der Waals surface area contributed by atoms with Crippen LogP contribution < -0.4 is 9.64 Å². The minimum Gasteiger partial charge on any atom is -0.490 e. The second-order valence-corrected chi connectivity index (χ2v) is 6.71. The summed E-state index contributed by atoms with van der Waals surface area (Å²) in [5.41, 5.74) is 2.37. The normalized spacial score (nSPS) is 20.7. The quantitative estimate of drug-likeness (QED) is 0.440. The second kappa shape index (κ2) is 8.23. The Morgan fingerprint density at radius 2 is 2.00 bits per heavy atom. The third kappa shape index (κ3) is 4.35. The van der Waals surface area contributed by atoms with Crippen LogP contribution >= 0.6 is 0 Å². The number of benzene rings is 1. The number of morpholine rings is 1. The number of allylic oxidation sites excluding steroid dienone is 2. The van der Waals surface area contributed by atoms with Gasteiger partial charge in [-0.25, -0.2) is 0 Å². The molecular weight excluding hydrogens is 334 g/mol. The van der Waals surface area contributed by atoms with Crippen LogP contribution in [0.3, 0.4) is 0 Å². The lowest BCUT2D eigenvalue weighted by molar-refractivity contribution is -0.385. The molecule has 0 N–H and O–H groups in total. The number of hydrogen-bond donors (Lipinski definition) is 0. The van der Waals surface area contributed by atoms with E-state index >= 15 is 0 Å². The third-order valence-corrected chi connectivity index (χ3v) is 4.18. The summed E-state index contributed by atoms with van der Waals surface area (Å²) in [6, 6.07) is 3.31. The van der Waals surface area contributed by atoms with Gasteiger partial charge in [0.2, 0.25) is 0 Å². The lowest BCUT2D eigenvalue weighted by Crippen LogP contribution is -2.45. The minimum absolute atomic E-state index is 0.0629. The average molecular weight is 361 g/mol. The van der Waals surface area contributed by atoms with Gasteiger partial charge in [-0.2, -0.15) is 0 Å². The number of rotatable bonds is 6. The van der Waals surface area contributed by atoms with Crippen LogP contribution in [-0.4, -0.2) is 56.3 Å². The number of ether oxygens (including phenoxy) is 2. The highest BCUT2D eigenvalue weighted by Crippen LogP contribution is 2.39.